The predicted octanol–water partition coefficient (Wildman–Crippen LogP) is 2.14. The highest BCUT2D eigenvalue weighted by molar-refractivity contribution is 7.98. The number of nitrogens with zero attached hydrogens (tertiary/aromatic N) is 3. The fourth-order valence-electron chi connectivity index (χ4n) is 1.99. The Morgan fingerprint density at radius 1 is 1.53 bits per heavy atom. The molecule has 4 nitrogen and oxygen atoms in total. The quantitative estimate of drug-likeness (QED) is 0.847. The first-order valence-corrected chi connectivity index (χ1v) is 7.45. The van der Waals surface area contributed by atoms with E-state index in [9.17, 15) is 0 Å². The van der Waals surface area contributed by atoms with Gasteiger partial charge in [-0.05, 0) is 19.6 Å². The van der Waals surface area contributed by atoms with Crippen LogP contribution in [0.25, 0.3) is 0 Å². The summed E-state index contributed by atoms with van der Waals surface area (Å²) in [5, 5.41) is 4.51. The molecule has 1 heterocycles. The Morgan fingerprint density at radius 3 is 2.71 bits per heavy atom. The molecular formula is C12H24N4S. The maximum atomic E-state index is 6.19. The van der Waals surface area contributed by atoms with Crippen molar-refractivity contribution in [3.63, 3.8) is 0 Å². The summed E-state index contributed by atoms with van der Waals surface area (Å²) in [7, 11) is 4.05. The van der Waals surface area contributed by atoms with E-state index in [1.54, 1.807) is 0 Å². The molecule has 0 amide bonds. The van der Waals surface area contributed by atoms with Crippen LogP contribution in [0, 0.1) is 0 Å². The van der Waals surface area contributed by atoms with Gasteiger partial charge in [0.15, 0.2) is 0 Å². The summed E-state index contributed by atoms with van der Waals surface area (Å²) in [6.45, 7) is 4.36. The first-order valence-electron chi connectivity index (χ1n) is 6.06. The van der Waals surface area contributed by atoms with Crippen molar-refractivity contribution in [2.45, 2.75) is 32.7 Å². The van der Waals surface area contributed by atoms with E-state index in [1.807, 2.05) is 23.5 Å². The van der Waals surface area contributed by atoms with Gasteiger partial charge in [-0.1, -0.05) is 13.3 Å². The van der Waals surface area contributed by atoms with E-state index in [2.05, 4.69) is 37.1 Å². The van der Waals surface area contributed by atoms with Crippen molar-refractivity contribution >= 4 is 23.3 Å². The second kappa shape index (κ2) is 6.19. The first kappa shape index (κ1) is 14.2. The van der Waals surface area contributed by atoms with Crippen LogP contribution in [0.2, 0.25) is 0 Å². The zero-order valence-corrected chi connectivity index (χ0v) is 12.3. The highest BCUT2D eigenvalue weighted by atomic mass is 32.2. The molecule has 0 fully saturated rings. The fourth-order valence-corrected chi connectivity index (χ4v) is 2.69. The molecule has 17 heavy (non-hydrogen) atoms. The number of hydrogen-bond donors (Lipinski definition) is 1. The van der Waals surface area contributed by atoms with Crippen LogP contribution < -0.4 is 10.6 Å². The maximum absolute atomic E-state index is 6.19. The molecule has 0 bridgehead atoms. The second-order valence-corrected chi connectivity index (χ2v) is 5.38. The molecule has 1 atom stereocenters. The SMILES string of the molecule is CCCc1nn(C)c(N(C)C(C)CSC)c1N. The normalized spacial score (nSPS) is 12.8. The molecule has 2 N–H and O–H groups in total. The number of nitrogen functional groups attached to an aromatic ring is 1. The summed E-state index contributed by atoms with van der Waals surface area (Å²) >= 11 is 1.85. The second-order valence-electron chi connectivity index (χ2n) is 4.47. The lowest BCUT2D eigenvalue weighted by atomic mass is 10.2. The summed E-state index contributed by atoms with van der Waals surface area (Å²) in [5.41, 5.74) is 8.05. The number of aromatic nitrogens is 2. The third kappa shape index (κ3) is 3.09. The van der Waals surface area contributed by atoms with Crippen LogP contribution in [0.5, 0.6) is 0 Å². The van der Waals surface area contributed by atoms with Gasteiger partial charge in [0.05, 0.1) is 11.4 Å². The van der Waals surface area contributed by atoms with E-state index in [4.69, 9.17) is 5.73 Å². The van der Waals surface area contributed by atoms with Gasteiger partial charge in [-0.15, -0.1) is 0 Å². The molecule has 0 aliphatic carbocycles. The lowest BCUT2D eigenvalue weighted by Gasteiger charge is -2.26. The van der Waals surface area contributed by atoms with Crippen LogP contribution >= 0.6 is 11.8 Å². The van der Waals surface area contributed by atoms with E-state index in [0.717, 1.165) is 35.8 Å². The highest BCUT2D eigenvalue weighted by Gasteiger charge is 2.19. The van der Waals surface area contributed by atoms with Gasteiger partial charge in [0.2, 0.25) is 0 Å². The highest BCUT2D eigenvalue weighted by Crippen LogP contribution is 2.27. The third-order valence-electron chi connectivity index (χ3n) is 3.02. The molecule has 1 unspecified atom stereocenters. The summed E-state index contributed by atoms with van der Waals surface area (Å²) in [6.07, 6.45) is 4.15. The Kier molecular flexibility index (Phi) is 5.18. The summed E-state index contributed by atoms with van der Waals surface area (Å²) in [5.74, 6) is 2.12. The summed E-state index contributed by atoms with van der Waals surface area (Å²) < 4.78 is 1.90. The topological polar surface area (TPSA) is 47.1 Å². The van der Waals surface area contributed by atoms with Gasteiger partial charge < -0.3 is 10.6 Å². The van der Waals surface area contributed by atoms with Crippen LogP contribution in [-0.4, -0.2) is 34.9 Å². The standard InChI is InChI=1S/C12H24N4S/c1-6-7-10-11(13)12(16(4)14-10)15(3)9(2)8-17-5/h9H,6-8,13H2,1-5H3. The fraction of sp³-hybridized carbons (Fsp3) is 0.750. The minimum Gasteiger partial charge on any atom is -0.394 e. The minimum atomic E-state index is 0.456. The van der Waals surface area contributed by atoms with Gasteiger partial charge in [0.25, 0.3) is 0 Å². The minimum absolute atomic E-state index is 0.456. The molecule has 1 aromatic rings. The average Bonchev–Trinajstić information content (AvgIpc) is 2.54. The number of hydrogen-bond acceptors (Lipinski definition) is 4. The number of nitrogens with two attached hydrogens (primary N) is 1. The number of anilines is 2. The van der Waals surface area contributed by atoms with Gasteiger partial charge in [-0.3, -0.25) is 4.68 Å². The number of thioether (sulfide) groups is 1. The van der Waals surface area contributed by atoms with Crippen molar-refractivity contribution in [3.8, 4) is 0 Å². The number of rotatable bonds is 6. The predicted molar refractivity (Wildman–Crippen MR) is 77.9 cm³/mol. The monoisotopic (exact) mass is 256 g/mol. The van der Waals surface area contributed by atoms with Crippen LogP contribution in [0.4, 0.5) is 11.5 Å². The summed E-state index contributed by atoms with van der Waals surface area (Å²) in [4.78, 5) is 2.22. The molecule has 0 saturated carbocycles. The molecule has 0 aliphatic rings. The summed E-state index contributed by atoms with van der Waals surface area (Å²) in [6, 6.07) is 0.456. The molecule has 98 valence electrons. The molecule has 1 rings (SSSR count). The molecular weight excluding hydrogens is 232 g/mol. The van der Waals surface area contributed by atoms with Gasteiger partial charge >= 0.3 is 0 Å². The van der Waals surface area contributed by atoms with Crippen molar-refractivity contribution < 1.29 is 0 Å². The van der Waals surface area contributed by atoms with Crippen molar-refractivity contribution in [3.05, 3.63) is 5.69 Å². The van der Waals surface area contributed by atoms with Gasteiger partial charge in [-0.25, -0.2) is 0 Å². The van der Waals surface area contributed by atoms with Crippen molar-refractivity contribution in [2.24, 2.45) is 7.05 Å². The third-order valence-corrected chi connectivity index (χ3v) is 3.83. The number of aryl methyl sites for hydroxylation is 2. The van der Waals surface area contributed by atoms with E-state index in [0.29, 0.717) is 6.04 Å². The maximum Gasteiger partial charge on any atom is 0.150 e. The van der Waals surface area contributed by atoms with E-state index in [1.165, 1.54) is 0 Å². The molecule has 0 aliphatic heterocycles. The van der Waals surface area contributed by atoms with E-state index >= 15 is 0 Å². The Labute approximate surface area is 109 Å². The molecule has 0 saturated heterocycles. The van der Waals surface area contributed by atoms with Crippen molar-refractivity contribution in [1.82, 2.24) is 9.78 Å². The Bertz CT molecular complexity index is 362. The average molecular weight is 256 g/mol. The van der Waals surface area contributed by atoms with Gasteiger partial charge in [0, 0.05) is 25.9 Å². The Morgan fingerprint density at radius 2 is 2.18 bits per heavy atom. The van der Waals surface area contributed by atoms with E-state index < -0.39 is 0 Å². The Balaban J connectivity index is 2.96. The van der Waals surface area contributed by atoms with Crippen molar-refractivity contribution in [1.29, 1.82) is 0 Å². The lowest BCUT2D eigenvalue weighted by Crippen LogP contribution is -2.32. The van der Waals surface area contributed by atoms with Crippen molar-refractivity contribution in [2.75, 3.05) is 29.7 Å². The largest absolute Gasteiger partial charge is 0.394 e. The molecule has 0 spiro atoms. The van der Waals surface area contributed by atoms with Crippen LogP contribution in [0.3, 0.4) is 0 Å². The smallest absolute Gasteiger partial charge is 0.150 e. The van der Waals surface area contributed by atoms with Crippen LogP contribution in [0.1, 0.15) is 26.0 Å². The van der Waals surface area contributed by atoms with Gasteiger partial charge in [0.1, 0.15) is 5.82 Å². The Hall–Kier alpha value is -0.840. The first-order chi connectivity index (χ1) is 8.02. The molecule has 5 heteroatoms. The molecule has 0 radical (unpaired) electrons. The molecule has 1 aromatic heterocycles. The van der Waals surface area contributed by atoms with Gasteiger partial charge in [-0.2, -0.15) is 16.9 Å². The zero-order valence-electron chi connectivity index (χ0n) is 11.5. The van der Waals surface area contributed by atoms with E-state index in [-0.39, 0.29) is 0 Å². The molecule has 0 aromatic carbocycles. The van der Waals surface area contributed by atoms with Crippen LogP contribution in [-0.2, 0) is 13.5 Å². The van der Waals surface area contributed by atoms with Crippen LogP contribution in [0.15, 0.2) is 0 Å². The zero-order chi connectivity index (χ0) is 13.0. The lowest BCUT2D eigenvalue weighted by molar-refractivity contribution is 0.681.